The van der Waals surface area contributed by atoms with Gasteiger partial charge in [0.15, 0.2) is 0 Å². The molecule has 0 radical (unpaired) electrons. The lowest BCUT2D eigenvalue weighted by Gasteiger charge is -2.52. The zero-order chi connectivity index (χ0) is 14.6. The number of hydrogen-bond acceptors (Lipinski definition) is 2. The second kappa shape index (κ2) is 4.75. The summed E-state index contributed by atoms with van der Waals surface area (Å²) >= 11 is 3.46. The molecule has 2 aromatic rings. The first-order chi connectivity index (χ1) is 10.0. The molecule has 0 aliphatic carbocycles. The second-order valence-corrected chi connectivity index (χ2v) is 7.92. The van der Waals surface area contributed by atoms with Crippen molar-refractivity contribution in [2.75, 3.05) is 19.6 Å². The van der Waals surface area contributed by atoms with Gasteiger partial charge in [-0.3, -0.25) is 4.57 Å². The summed E-state index contributed by atoms with van der Waals surface area (Å²) < 4.78 is 4.21. The Hall–Kier alpha value is -1.01. The maximum absolute atomic E-state index is 10.2. The van der Waals surface area contributed by atoms with Gasteiger partial charge in [-0.25, -0.2) is 0 Å². The van der Waals surface area contributed by atoms with Crippen LogP contribution < -0.4 is 0 Å². The number of nitrogens with zero attached hydrogens (tertiary/aromatic N) is 3. The Morgan fingerprint density at radius 1 is 1.38 bits per heavy atom. The van der Waals surface area contributed by atoms with Crippen molar-refractivity contribution in [2.45, 2.75) is 19.4 Å². The normalized spacial score (nSPS) is 31.9. The van der Waals surface area contributed by atoms with Gasteiger partial charge in [0, 0.05) is 16.9 Å². The molecule has 2 bridgehead atoms. The van der Waals surface area contributed by atoms with Crippen LogP contribution in [0, 0.1) is 11.8 Å². The quantitative estimate of drug-likeness (QED) is 0.842. The topological polar surface area (TPSA) is 38.0 Å². The summed E-state index contributed by atoms with van der Waals surface area (Å²) in [6.07, 6.45) is 2.67. The van der Waals surface area contributed by atoms with Crippen LogP contribution in [0.5, 0.6) is 6.01 Å². The predicted octanol–water partition coefficient (Wildman–Crippen LogP) is 1.91. The van der Waals surface area contributed by atoms with E-state index < -0.39 is 0 Å². The predicted molar refractivity (Wildman–Crippen MR) is 88.7 cm³/mol. The van der Waals surface area contributed by atoms with Gasteiger partial charge in [0.1, 0.15) is 0 Å². The molecule has 3 fully saturated rings. The van der Waals surface area contributed by atoms with Crippen molar-refractivity contribution in [2.24, 2.45) is 11.8 Å². The molecule has 3 aliphatic heterocycles. The first kappa shape index (κ1) is 13.6. The summed E-state index contributed by atoms with van der Waals surface area (Å²) in [6.45, 7) is 4.78. The summed E-state index contributed by atoms with van der Waals surface area (Å²) in [5.41, 5.74) is 1.90. The molecule has 110 valence electrons. The van der Waals surface area contributed by atoms with Crippen molar-refractivity contribution in [3.8, 4) is 6.01 Å². The Labute approximate surface area is 133 Å². The molecule has 1 aromatic carbocycles. The Morgan fingerprint density at radius 2 is 2.14 bits per heavy atom. The maximum Gasteiger partial charge on any atom is 0.372 e. The number of imidazole rings is 1. The number of halogens is 1. The molecule has 3 aliphatic rings. The molecule has 4 heterocycles. The van der Waals surface area contributed by atoms with E-state index in [1.165, 1.54) is 36.9 Å². The minimum Gasteiger partial charge on any atom is -0.480 e. The van der Waals surface area contributed by atoms with Crippen molar-refractivity contribution in [3.63, 3.8) is 0 Å². The third-order valence-corrected chi connectivity index (χ3v) is 6.02. The van der Waals surface area contributed by atoms with Gasteiger partial charge in [-0.15, -0.1) is 0 Å². The minimum absolute atomic E-state index is 0.155. The van der Waals surface area contributed by atoms with Crippen LogP contribution in [0.3, 0.4) is 0 Å². The van der Waals surface area contributed by atoms with E-state index in [-0.39, 0.29) is 6.01 Å². The zero-order valence-corrected chi connectivity index (χ0v) is 13.9. The van der Waals surface area contributed by atoms with E-state index in [0.717, 1.165) is 28.0 Å². The lowest BCUT2D eigenvalue weighted by Crippen LogP contribution is -2.60. The van der Waals surface area contributed by atoms with Gasteiger partial charge in [-0.05, 0) is 37.0 Å². The van der Waals surface area contributed by atoms with E-state index in [2.05, 4.69) is 28.9 Å². The lowest BCUT2D eigenvalue weighted by molar-refractivity contribution is -0.841. The number of aromatic hydroxyl groups is 1. The average molecular weight is 349 g/mol. The highest BCUT2D eigenvalue weighted by molar-refractivity contribution is 9.10. The molecule has 1 aromatic heterocycles. The van der Waals surface area contributed by atoms with E-state index in [9.17, 15) is 5.11 Å². The zero-order valence-electron chi connectivity index (χ0n) is 12.3. The van der Waals surface area contributed by atoms with E-state index in [4.69, 9.17) is 0 Å². The molecule has 5 rings (SSSR count). The molecule has 0 saturated carbocycles. The highest BCUT2D eigenvalue weighted by atomic mass is 79.9. The number of rotatable bonds is 2. The average Bonchev–Trinajstić information content (AvgIpc) is 2.74. The molecule has 21 heavy (non-hydrogen) atoms. The summed E-state index contributed by atoms with van der Waals surface area (Å²) in [7, 11) is 2.38. The maximum atomic E-state index is 10.2. The number of aromatic nitrogens is 2. The molecule has 6 heteroatoms. The van der Waals surface area contributed by atoms with Crippen molar-refractivity contribution >= 4 is 34.9 Å². The highest BCUT2D eigenvalue weighted by Gasteiger charge is 2.42. The second-order valence-electron chi connectivity index (χ2n) is 7.00. The molecule has 4 nitrogen and oxygen atoms in total. The molecular weight excluding hydrogens is 329 g/mol. The minimum atomic E-state index is 0.155. The van der Waals surface area contributed by atoms with Crippen LogP contribution in [0.25, 0.3) is 11.0 Å². The van der Waals surface area contributed by atoms with E-state index in [1.54, 1.807) is 0 Å². The van der Waals surface area contributed by atoms with Crippen LogP contribution in [0.1, 0.15) is 12.8 Å². The van der Waals surface area contributed by atoms with Crippen LogP contribution in [-0.4, -0.2) is 46.7 Å². The molecular formula is C15H20BBrN3O+. The van der Waals surface area contributed by atoms with Gasteiger partial charge in [0.2, 0.25) is 0 Å². The first-order valence-corrected chi connectivity index (χ1v) is 8.52. The van der Waals surface area contributed by atoms with Gasteiger partial charge in [0.25, 0.3) is 6.01 Å². The van der Waals surface area contributed by atoms with Crippen LogP contribution in [0.15, 0.2) is 22.7 Å². The number of hydrogen-bond donors (Lipinski definition) is 1. The van der Waals surface area contributed by atoms with Gasteiger partial charge >= 0.3 is 7.98 Å². The third kappa shape index (κ3) is 2.29. The van der Waals surface area contributed by atoms with Gasteiger partial charge in [-0.2, -0.15) is 4.98 Å². The smallest absolute Gasteiger partial charge is 0.372 e. The molecule has 1 atom stereocenters. The summed E-state index contributed by atoms with van der Waals surface area (Å²) in [5.74, 6) is 1.47. The van der Waals surface area contributed by atoms with Crippen LogP contribution in [-0.2, 0) is 6.54 Å². The van der Waals surface area contributed by atoms with Crippen molar-refractivity contribution in [1.82, 2.24) is 9.55 Å². The summed E-state index contributed by atoms with van der Waals surface area (Å²) in [4.78, 5) is 4.30. The van der Waals surface area contributed by atoms with Gasteiger partial charge < -0.3 is 9.50 Å². The Balaban J connectivity index is 1.67. The fourth-order valence-corrected chi connectivity index (χ4v) is 4.64. The Bertz CT molecular complexity index is 694. The molecule has 1 N–H and O–H groups in total. The summed E-state index contributed by atoms with van der Waals surface area (Å²) in [6, 6.07) is 6.19. The SMILES string of the molecule is B[N+]12CCC(CC1)C(Cn1c(O)nc3cc(Br)ccc31)C2. The number of fused-ring (bicyclic) bond motifs is 4. The standard InChI is InChI=1S/C15H19BBrN3O/c16-20-5-3-10(4-6-20)11(9-20)8-19-14-2-1-12(17)7-13(14)18-15(19)21/h1-2,7,10-11H,3-6,8-9,16H2/p+1. The number of benzene rings is 1. The fourth-order valence-electron chi connectivity index (χ4n) is 4.29. The molecule has 0 amide bonds. The van der Waals surface area contributed by atoms with Gasteiger partial charge in [-0.1, -0.05) is 15.9 Å². The lowest BCUT2D eigenvalue weighted by atomic mass is 9.75. The van der Waals surface area contributed by atoms with Crippen molar-refractivity contribution in [1.29, 1.82) is 0 Å². The largest absolute Gasteiger partial charge is 0.480 e. The van der Waals surface area contributed by atoms with Crippen LogP contribution in [0.4, 0.5) is 0 Å². The number of piperidine rings is 3. The summed E-state index contributed by atoms with van der Waals surface area (Å²) in [5, 5.41) is 10.2. The van der Waals surface area contributed by atoms with Gasteiger partial charge in [0.05, 0.1) is 30.7 Å². The molecule has 0 spiro atoms. The molecule has 1 unspecified atom stereocenters. The number of quaternary nitrogens is 1. The van der Waals surface area contributed by atoms with E-state index in [1.807, 2.05) is 22.8 Å². The van der Waals surface area contributed by atoms with E-state index >= 15 is 0 Å². The fraction of sp³-hybridized carbons (Fsp3) is 0.533. The Kier molecular flexibility index (Phi) is 3.08. The van der Waals surface area contributed by atoms with Crippen LogP contribution >= 0.6 is 15.9 Å². The first-order valence-electron chi connectivity index (χ1n) is 7.72. The third-order valence-electron chi connectivity index (χ3n) is 5.53. The van der Waals surface area contributed by atoms with Crippen molar-refractivity contribution < 1.29 is 9.50 Å². The monoisotopic (exact) mass is 348 g/mol. The highest BCUT2D eigenvalue weighted by Crippen LogP contribution is 2.38. The van der Waals surface area contributed by atoms with Crippen LogP contribution in [0.2, 0.25) is 0 Å². The van der Waals surface area contributed by atoms with Crippen molar-refractivity contribution in [3.05, 3.63) is 22.7 Å². The Morgan fingerprint density at radius 3 is 2.86 bits per heavy atom. The van der Waals surface area contributed by atoms with E-state index in [0.29, 0.717) is 5.92 Å². The molecule has 3 saturated heterocycles.